The molecule has 0 radical (unpaired) electrons. The number of aromatic amines is 1. The minimum Gasteiger partial charge on any atom is -0.870 e. The average molecular weight is 241 g/mol. The van der Waals surface area contributed by atoms with E-state index in [2.05, 4.69) is 51.0 Å². The maximum atomic E-state index is 6.10. The van der Waals surface area contributed by atoms with Gasteiger partial charge in [-0.05, 0) is 23.7 Å². The summed E-state index contributed by atoms with van der Waals surface area (Å²) in [7, 11) is -1.60. The van der Waals surface area contributed by atoms with Crippen molar-refractivity contribution in [3.05, 3.63) is 30.1 Å². The molecular formula is C12H23NO2Si. The third-order valence-electron chi connectivity index (χ3n) is 3.19. The summed E-state index contributed by atoms with van der Waals surface area (Å²) in [4.78, 5) is 3.02. The average Bonchev–Trinajstić information content (AvgIpc) is 2.15. The van der Waals surface area contributed by atoms with Gasteiger partial charge in [0.1, 0.15) is 0 Å². The molecule has 0 bridgehead atoms. The first-order valence-corrected chi connectivity index (χ1v) is 8.33. The van der Waals surface area contributed by atoms with E-state index in [0.717, 1.165) is 6.61 Å². The van der Waals surface area contributed by atoms with E-state index < -0.39 is 8.32 Å². The molecule has 0 aromatic carbocycles. The molecule has 0 unspecified atom stereocenters. The minimum absolute atomic E-state index is 0. The number of H-pyrrole nitrogens is 1. The molecule has 3 nitrogen and oxygen atoms in total. The zero-order chi connectivity index (χ0) is 11.5. The van der Waals surface area contributed by atoms with E-state index in [4.69, 9.17) is 4.43 Å². The second kappa shape index (κ2) is 5.57. The van der Waals surface area contributed by atoms with Gasteiger partial charge >= 0.3 is 0 Å². The van der Waals surface area contributed by atoms with Crippen molar-refractivity contribution in [2.45, 2.75) is 45.5 Å². The molecule has 1 rings (SSSR count). The van der Waals surface area contributed by atoms with E-state index in [-0.39, 0.29) is 10.5 Å². The quantitative estimate of drug-likeness (QED) is 0.764. The fraction of sp³-hybridized carbons (Fsp3) is 0.583. The van der Waals surface area contributed by atoms with Gasteiger partial charge < -0.3 is 9.90 Å². The maximum absolute atomic E-state index is 6.10. The van der Waals surface area contributed by atoms with Crippen molar-refractivity contribution >= 4 is 8.32 Å². The predicted octanol–water partition coefficient (Wildman–Crippen LogP) is 2.85. The smallest absolute Gasteiger partial charge is 0.192 e. The lowest BCUT2D eigenvalue weighted by Gasteiger charge is -2.36. The van der Waals surface area contributed by atoms with Gasteiger partial charge in [-0.2, -0.15) is 0 Å². The van der Waals surface area contributed by atoms with Gasteiger partial charge in [-0.1, -0.05) is 20.8 Å². The van der Waals surface area contributed by atoms with Crippen LogP contribution in [0.2, 0.25) is 18.1 Å². The van der Waals surface area contributed by atoms with Crippen LogP contribution in [-0.4, -0.2) is 13.8 Å². The summed E-state index contributed by atoms with van der Waals surface area (Å²) < 4.78 is 6.10. The van der Waals surface area contributed by atoms with E-state index in [0.29, 0.717) is 0 Å². The number of hydrogen-bond acceptors (Lipinski definition) is 2. The van der Waals surface area contributed by atoms with Crippen molar-refractivity contribution in [1.29, 1.82) is 0 Å². The van der Waals surface area contributed by atoms with Gasteiger partial charge in [-0.3, -0.25) is 0 Å². The van der Waals surface area contributed by atoms with Crippen LogP contribution in [0, 0.1) is 0 Å². The molecule has 1 aromatic heterocycles. The van der Waals surface area contributed by atoms with Crippen LogP contribution in [0.4, 0.5) is 0 Å². The Balaban J connectivity index is 0.00000225. The second-order valence-electron chi connectivity index (χ2n) is 5.46. The molecule has 0 aliphatic carbocycles. The second-order valence-corrected chi connectivity index (χ2v) is 10.3. The third kappa shape index (κ3) is 4.04. The fourth-order valence-corrected chi connectivity index (χ4v) is 1.96. The molecule has 4 heteroatoms. The molecule has 1 heterocycles. The van der Waals surface area contributed by atoms with Gasteiger partial charge in [0.2, 0.25) is 0 Å². The van der Waals surface area contributed by atoms with E-state index in [1.54, 1.807) is 0 Å². The molecule has 0 aliphatic rings. The number of nitrogens with one attached hydrogen (secondary N) is 1. The van der Waals surface area contributed by atoms with Crippen molar-refractivity contribution in [3.63, 3.8) is 0 Å². The van der Waals surface area contributed by atoms with Gasteiger partial charge in [0.15, 0.2) is 20.7 Å². The summed E-state index contributed by atoms with van der Waals surface area (Å²) >= 11 is 0. The topological polar surface area (TPSA) is 53.4 Å². The lowest BCUT2D eigenvalue weighted by atomic mass is 10.2. The first-order valence-electron chi connectivity index (χ1n) is 5.42. The summed E-state index contributed by atoms with van der Waals surface area (Å²) in [5.74, 6) is 0. The zero-order valence-corrected chi connectivity index (χ0v) is 11.9. The van der Waals surface area contributed by atoms with E-state index in [9.17, 15) is 0 Å². The number of hydrogen-bond donors (Lipinski definition) is 0. The monoisotopic (exact) mass is 241 g/mol. The van der Waals surface area contributed by atoms with Crippen LogP contribution in [-0.2, 0) is 11.0 Å². The molecule has 16 heavy (non-hydrogen) atoms. The summed E-state index contributed by atoms with van der Waals surface area (Å²) in [6, 6.07) is 4.13. The summed E-state index contributed by atoms with van der Waals surface area (Å²) in [6.07, 6.45) is 3.87. The minimum atomic E-state index is -1.60. The molecule has 92 valence electrons. The molecule has 0 fully saturated rings. The van der Waals surface area contributed by atoms with Crippen LogP contribution < -0.4 is 4.98 Å². The molecule has 1 aromatic rings. The van der Waals surface area contributed by atoms with Crippen LogP contribution in [0.25, 0.3) is 0 Å². The fourth-order valence-electron chi connectivity index (χ4n) is 0.998. The number of pyridine rings is 1. The standard InChI is InChI=1S/C12H21NOSi.H2O/c1-12(2,3)15(4,5)14-10-11-6-8-13-9-7-11;/h6-9H,10H2,1-5H3;1H2. The van der Waals surface area contributed by atoms with E-state index in [1.165, 1.54) is 5.56 Å². The van der Waals surface area contributed by atoms with Gasteiger partial charge in [0.05, 0.1) is 6.61 Å². The summed E-state index contributed by atoms with van der Waals surface area (Å²) in [6.45, 7) is 12.1. The first kappa shape index (κ1) is 15.3. The highest BCUT2D eigenvalue weighted by Gasteiger charge is 2.36. The van der Waals surface area contributed by atoms with Crippen molar-refractivity contribution in [2.75, 3.05) is 0 Å². The Morgan fingerprint density at radius 3 is 2.12 bits per heavy atom. The van der Waals surface area contributed by atoms with Crippen LogP contribution in [0.1, 0.15) is 26.3 Å². The van der Waals surface area contributed by atoms with Crippen LogP contribution in [0.5, 0.6) is 0 Å². The molecular weight excluding hydrogens is 218 g/mol. The maximum Gasteiger partial charge on any atom is 0.192 e. The Kier molecular flexibility index (Phi) is 5.32. The number of aromatic nitrogens is 1. The molecule has 2 N–H and O–H groups in total. The molecule has 0 spiro atoms. The molecule has 0 saturated carbocycles. The Hall–Kier alpha value is -0.713. The Labute approximate surface area is 99.3 Å². The predicted molar refractivity (Wildman–Crippen MR) is 66.9 cm³/mol. The van der Waals surface area contributed by atoms with Crippen molar-refractivity contribution in [2.24, 2.45) is 0 Å². The van der Waals surface area contributed by atoms with Crippen molar-refractivity contribution in [1.82, 2.24) is 0 Å². The first-order chi connectivity index (χ1) is 6.83. The third-order valence-corrected chi connectivity index (χ3v) is 7.67. The molecule has 0 amide bonds. The summed E-state index contributed by atoms with van der Waals surface area (Å²) in [5, 5.41) is 0.286. The van der Waals surface area contributed by atoms with E-state index in [1.807, 2.05) is 12.4 Å². The van der Waals surface area contributed by atoms with Gasteiger partial charge in [0.25, 0.3) is 0 Å². The Morgan fingerprint density at radius 1 is 1.19 bits per heavy atom. The Morgan fingerprint density at radius 2 is 1.69 bits per heavy atom. The van der Waals surface area contributed by atoms with Gasteiger partial charge in [0, 0.05) is 12.1 Å². The molecule has 0 atom stereocenters. The highest BCUT2D eigenvalue weighted by Crippen LogP contribution is 2.36. The van der Waals surface area contributed by atoms with Crippen LogP contribution >= 0.6 is 0 Å². The SMILES string of the molecule is CC(C)(C)[Si](C)(C)OCc1cc[nH+]cc1.[OH-]. The molecule has 0 aliphatic heterocycles. The van der Waals surface area contributed by atoms with Gasteiger partial charge in [-0.25, -0.2) is 4.98 Å². The zero-order valence-electron chi connectivity index (χ0n) is 10.9. The highest BCUT2D eigenvalue weighted by molar-refractivity contribution is 6.74. The van der Waals surface area contributed by atoms with Crippen LogP contribution in [0.15, 0.2) is 24.5 Å². The lowest BCUT2D eigenvalue weighted by molar-refractivity contribution is -0.378. The normalized spacial score (nSPS) is 12.1. The lowest BCUT2D eigenvalue weighted by Crippen LogP contribution is -2.40. The summed E-state index contributed by atoms with van der Waals surface area (Å²) in [5.41, 5.74) is 1.23. The largest absolute Gasteiger partial charge is 0.870 e. The van der Waals surface area contributed by atoms with Crippen LogP contribution in [0.3, 0.4) is 0 Å². The van der Waals surface area contributed by atoms with Gasteiger partial charge in [-0.15, -0.1) is 0 Å². The number of rotatable bonds is 3. The van der Waals surface area contributed by atoms with Crippen molar-refractivity contribution < 1.29 is 14.9 Å². The Bertz CT molecular complexity index is 307. The van der Waals surface area contributed by atoms with Crippen molar-refractivity contribution in [3.8, 4) is 0 Å². The highest BCUT2D eigenvalue weighted by atomic mass is 28.4. The van der Waals surface area contributed by atoms with E-state index >= 15 is 0 Å². The molecule has 0 saturated heterocycles.